The zero-order chi connectivity index (χ0) is 30.2. The molecule has 0 amide bonds. The molecule has 2 aliphatic rings. The number of aromatic nitrogens is 1. The van der Waals surface area contributed by atoms with Crippen molar-refractivity contribution in [3.8, 4) is 22.8 Å². The number of nitrogens with zero attached hydrogens (tertiary/aromatic N) is 2. The lowest BCUT2D eigenvalue weighted by Gasteiger charge is -2.25. The third-order valence-corrected chi connectivity index (χ3v) is 8.23. The molecule has 0 unspecified atom stereocenters. The largest absolute Gasteiger partial charge is 0.478 e. The molecule has 6 rings (SSSR count). The number of aromatic carboxylic acids is 1. The SMILES string of the molecule is CCCC1=C(C(=O)OCC)[C@H](c2ccc3c(c2)OCO3)n2c(s/c(=C\c3ccc(-c4ccc(C(=O)O)cc4C)o3)c2=O)=N1. The van der Waals surface area contributed by atoms with E-state index in [1.54, 1.807) is 49.4 Å². The van der Waals surface area contributed by atoms with Crippen molar-refractivity contribution < 1.29 is 33.3 Å². The Labute approximate surface area is 249 Å². The van der Waals surface area contributed by atoms with E-state index in [4.69, 9.17) is 23.6 Å². The van der Waals surface area contributed by atoms with Crippen molar-refractivity contribution in [3.05, 3.63) is 102 Å². The molecule has 220 valence electrons. The first-order chi connectivity index (χ1) is 20.8. The van der Waals surface area contributed by atoms with Gasteiger partial charge >= 0.3 is 11.9 Å². The highest BCUT2D eigenvalue weighted by molar-refractivity contribution is 7.07. The summed E-state index contributed by atoms with van der Waals surface area (Å²) in [6, 6.07) is 12.9. The summed E-state index contributed by atoms with van der Waals surface area (Å²) in [4.78, 5) is 44.0. The molecule has 11 heteroatoms. The summed E-state index contributed by atoms with van der Waals surface area (Å²) < 4.78 is 24.5. The normalized spacial score (nSPS) is 15.8. The summed E-state index contributed by atoms with van der Waals surface area (Å²) in [6.45, 7) is 5.83. The van der Waals surface area contributed by atoms with Gasteiger partial charge in [-0.1, -0.05) is 36.8 Å². The Bertz CT molecular complexity index is 1980. The van der Waals surface area contributed by atoms with E-state index in [9.17, 15) is 19.5 Å². The number of rotatable bonds is 8. The second-order valence-corrected chi connectivity index (χ2v) is 11.1. The second kappa shape index (κ2) is 11.4. The minimum Gasteiger partial charge on any atom is -0.478 e. The van der Waals surface area contributed by atoms with Crippen LogP contribution in [0.25, 0.3) is 17.4 Å². The number of carbonyl (C=O) groups excluding carboxylic acids is 1. The summed E-state index contributed by atoms with van der Waals surface area (Å²) in [6.07, 6.45) is 2.92. The van der Waals surface area contributed by atoms with Crippen LogP contribution in [0.1, 0.15) is 60.0 Å². The third-order valence-electron chi connectivity index (χ3n) is 7.24. The molecule has 1 N–H and O–H groups in total. The van der Waals surface area contributed by atoms with E-state index in [2.05, 4.69) is 0 Å². The van der Waals surface area contributed by atoms with E-state index in [0.29, 0.717) is 55.6 Å². The molecule has 0 aliphatic carbocycles. The molecule has 0 saturated carbocycles. The summed E-state index contributed by atoms with van der Waals surface area (Å²) in [5, 5.41) is 9.28. The van der Waals surface area contributed by atoms with Gasteiger partial charge in [0.05, 0.1) is 34.0 Å². The van der Waals surface area contributed by atoms with Crippen molar-refractivity contribution in [1.29, 1.82) is 0 Å². The van der Waals surface area contributed by atoms with Gasteiger partial charge in [-0.2, -0.15) is 0 Å². The van der Waals surface area contributed by atoms with Crippen molar-refractivity contribution >= 4 is 29.4 Å². The number of hydrogen-bond donors (Lipinski definition) is 1. The Hall–Kier alpha value is -4.90. The quantitative estimate of drug-likeness (QED) is 0.291. The van der Waals surface area contributed by atoms with Gasteiger partial charge in [0.25, 0.3) is 5.56 Å². The lowest BCUT2D eigenvalue weighted by molar-refractivity contribution is -0.139. The Balaban J connectivity index is 1.48. The number of esters is 1. The average molecular weight is 601 g/mol. The fourth-order valence-corrected chi connectivity index (χ4v) is 6.30. The number of benzene rings is 2. The molecule has 10 nitrogen and oxygen atoms in total. The van der Waals surface area contributed by atoms with Gasteiger partial charge in [0.1, 0.15) is 11.5 Å². The molecule has 0 radical (unpaired) electrons. The zero-order valence-electron chi connectivity index (χ0n) is 23.7. The molecule has 2 aliphatic heterocycles. The Kier molecular flexibility index (Phi) is 7.49. The number of allylic oxidation sites excluding steroid dienone is 1. The number of aryl methyl sites for hydroxylation is 1. The van der Waals surface area contributed by atoms with Gasteiger partial charge in [-0.15, -0.1) is 0 Å². The first kappa shape index (κ1) is 28.2. The van der Waals surface area contributed by atoms with Crippen molar-refractivity contribution in [2.24, 2.45) is 4.99 Å². The molecule has 2 aromatic heterocycles. The van der Waals surface area contributed by atoms with Crippen LogP contribution >= 0.6 is 11.3 Å². The van der Waals surface area contributed by atoms with Crippen LogP contribution in [0.2, 0.25) is 0 Å². The minimum absolute atomic E-state index is 0.0948. The van der Waals surface area contributed by atoms with E-state index in [-0.39, 0.29) is 24.5 Å². The maximum absolute atomic E-state index is 14.0. The zero-order valence-corrected chi connectivity index (χ0v) is 24.5. The van der Waals surface area contributed by atoms with Gasteiger partial charge in [-0.3, -0.25) is 9.36 Å². The number of carboxylic acids is 1. The number of furan rings is 1. The maximum atomic E-state index is 14.0. The molecule has 0 bridgehead atoms. The smallest absolute Gasteiger partial charge is 0.338 e. The fraction of sp³-hybridized carbons (Fsp3) is 0.250. The van der Waals surface area contributed by atoms with Crippen molar-refractivity contribution in [2.75, 3.05) is 13.4 Å². The number of fused-ring (bicyclic) bond motifs is 2. The first-order valence-electron chi connectivity index (χ1n) is 13.8. The predicted molar refractivity (Wildman–Crippen MR) is 158 cm³/mol. The lowest BCUT2D eigenvalue weighted by Crippen LogP contribution is -2.40. The number of thiazole rings is 1. The molecular formula is C32H28N2O8S. The number of carbonyl (C=O) groups is 2. The number of ether oxygens (including phenoxy) is 3. The van der Waals surface area contributed by atoms with Crippen molar-refractivity contribution in [2.45, 2.75) is 39.7 Å². The average Bonchev–Trinajstić information content (AvgIpc) is 3.72. The molecule has 43 heavy (non-hydrogen) atoms. The Morgan fingerprint density at radius 2 is 1.93 bits per heavy atom. The van der Waals surface area contributed by atoms with E-state index >= 15 is 0 Å². The lowest BCUT2D eigenvalue weighted by atomic mass is 9.94. The van der Waals surface area contributed by atoms with Crippen LogP contribution in [0, 0.1) is 6.92 Å². The second-order valence-electron chi connectivity index (χ2n) is 10.1. The van der Waals surface area contributed by atoms with Gasteiger partial charge in [0.15, 0.2) is 16.3 Å². The first-order valence-corrected chi connectivity index (χ1v) is 14.7. The summed E-state index contributed by atoms with van der Waals surface area (Å²) >= 11 is 1.21. The Morgan fingerprint density at radius 1 is 1.12 bits per heavy atom. The van der Waals surface area contributed by atoms with Crippen LogP contribution in [0.3, 0.4) is 0 Å². The van der Waals surface area contributed by atoms with Gasteiger partial charge in [0, 0.05) is 11.6 Å². The van der Waals surface area contributed by atoms with Gasteiger partial charge in [0.2, 0.25) is 6.79 Å². The molecule has 0 fully saturated rings. The van der Waals surface area contributed by atoms with Crippen LogP contribution in [-0.2, 0) is 9.53 Å². The van der Waals surface area contributed by atoms with Gasteiger partial charge in [-0.25, -0.2) is 14.6 Å². The fourth-order valence-electron chi connectivity index (χ4n) is 5.30. The molecule has 0 spiro atoms. The maximum Gasteiger partial charge on any atom is 0.338 e. The van der Waals surface area contributed by atoms with Crippen LogP contribution in [0.5, 0.6) is 11.5 Å². The highest BCUT2D eigenvalue weighted by Gasteiger charge is 2.35. The molecular weight excluding hydrogens is 572 g/mol. The minimum atomic E-state index is -1.00. The summed E-state index contributed by atoms with van der Waals surface area (Å²) in [7, 11) is 0. The van der Waals surface area contributed by atoms with E-state index < -0.39 is 18.0 Å². The topological polar surface area (TPSA) is 130 Å². The summed E-state index contributed by atoms with van der Waals surface area (Å²) in [5.41, 5.74) is 2.93. The predicted octanol–water partition coefficient (Wildman–Crippen LogP) is 4.57. The number of carboxylic acid groups (broad SMARTS) is 1. The van der Waals surface area contributed by atoms with Gasteiger partial charge < -0.3 is 23.7 Å². The molecule has 2 aromatic carbocycles. The van der Waals surface area contributed by atoms with E-state index in [1.165, 1.54) is 22.0 Å². The molecule has 1 atom stereocenters. The molecule has 0 saturated heterocycles. The van der Waals surface area contributed by atoms with E-state index in [1.807, 2.05) is 19.9 Å². The van der Waals surface area contributed by atoms with Gasteiger partial charge in [-0.05, 0) is 67.8 Å². The number of hydrogen-bond acceptors (Lipinski definition) is 9. The summed E-state index contributed by atoms with van der Waals surface area (Å²) in [5.74, 6) is 0.588. The van der Waals surface area contributed by atoms with Crippen molar-refractivity contribution in [3.63, 3.8) is 0 Å². The van der Waals surface area contributed by atoms with Crippen LogP contribution in [-0.4, -0.2) is 35.0 Å². The highest BCUT2D eigenvalue weighted by atomic mass is 32.1. The highest BCUT2D eigenvalue weighted by Crippen LogP contribution is 2.39. The van der Waals surface area contributed by atoms with Crippen LogP contribution in [0.4, 0.5) is 0 Å². The Morgan fingerprint density at radius 3 is 2.67 bits per heavy atom. The molecule has 4 heterocycles. The molecule has 4 aromatic rings. The van der Waals surface area contributed by atoms with Crippen molar-refractivity contribution in [1.82, 2.24) is 4.57 Å². The van der Waals surface area contributed by atoms with E-state index in [0.717, 1.165) is 17.5 Å². The van der Waals surface area contributed by atoms with Crippen LogP contribution < -0.4 is 24.4 Å². The third kappa shape index (κ3) is 5.16. The van der Waals surface area contributed by atoms with Crippen LogP contribution in [0.15, 0.2) is 74.0 Å². The standard InChI is InChI=1S/C32H28N2O8S/c1-4-6-22-27(31(38)39-5-2)28(18-8-11-24-25(14-18)41-16-40-24)34-29(35)26(43-32(34)33-22)15-20-9-12-23(42-20)21-10-7-19(30(36)37)13-17(21)3/h7-15,28H,4-6,16H2,1-3H3,(H,36,37)/b26-15-/t28-/m0/s1. The monoisotopic (exact) mass is 600 g/mol.